The molecule has 22 heavy (non-hydrogen) atoms. The number of esters is 1. The van der Waals surface area contributed by atoms with Gasteiger partial charge < -0.3 is 14.0 Å². The van der Waals surface area contributed by atoms with E-state index < -0.39 is 5.97 Å². The second-order valence-corrected chi connectivity index (χ2v) is 4.89. The summed E-state index contributed by atoms with van der Waals surface area (Å²) in [4.78, 5) is 28.3. The third-order valence-corrected chi connectivity index (χ3v) is 3.70. The Balaban J connectivity index is 2.31. The Labute approximate surface area is 125 Å². The number of methoxy groups -OCH3 is 2. The van der Waals surface area contributed by atoms with E-state index in [1.807, 2.05) is 18.2 Å². The highest BCUT2D eigenvalue weighted by atomic mass is 16.5. The van der Waals surface area contributed by atoms with E-state index in [0.29, 0.717) is 16.8 Å². The summed E-state index contributed by atoms with van der Waals surface area (Å²) in [7, 11) is 4.66. The number of hydrogen-bond acceptors (Lipinski definition) is 5. The maximum Gasteiger partial charge on any atom is 0.325 e. The van der Waals surface area contributed by atoms with Crippen LogP contribution in [-0.2, 0) is 23.1 Å². The normalized spacial score (nSPS) is 11.0. The van der Waals surface area contributed by atoms with Gasteiger partial charge in [-0.05, 0) is 18.2 Å². The molecule has 0 aliphatic rings. The van der Waals surface area contributed by atoms with Crippen LogP contribution in [0.4, 0.5) is 0 Å². The molecule has 0 N–H and O–H groups in total. The summed E-state index contributed by atoms with van der Waals surface area (Å²) in [6, 6.07) is 5.54. The summed E-state index contributed by atoms with van der Waals surface area (Å²) >= 11 is 0. The molecule has 0 spiro atoms. The molecule has 3 aromatic rings. The minimum atomic E-state index is -0.497. The average molecular weight is 301 g/mol. The van der Waals surface area contributed by atoms with Crippen molar-refractivity contribution in [1.29, 1.82) is 0 Å². The summed E-state index contributed by atoms with van der Waals surface area (Å²) in [5.74, 6) is 0.198. The second kappa shape index (κ2) is 5.18. The molecule has 114 valence electrons. The molecule has 0 radical (unpaired) electrons. The Bertz CT molecular complexity index is 939. The molecule has 2 aromatic heterocycles. The van der Waals surface area contributed by atoms with Crippen molar-refractivity contribution in [3.63, 3.8) is 0 Å². The van der Waals surface area contributed by atoms with Crippen LogP contribution >= 0.6 is 0 Å². The molecular formula is C15H15N3O4. The molecule has 0 unspecified atom stereocenters. The highest BCUT2D eigenvalue weighted by Gasteiger charge is 2.16. The van der Waals surface area contributed by atoms with E-state index in [-0.39, 0.29) is 12.1 Å². The largest absolute Gasteiger partial charge is 0.497 e. The van der Waals surface area contributed by atoms with Crippen molar-refractivity contribution in [1.82, 2.24) is 14.1 Å². The Hall–Kier alpha value is -2.83. The van der Waals surface area contributed by atoms with Crippen molar-refractivity contribution in [3.8, 4) is 5.75 Å². The van der Waals surface area contributed by atoms with Crippen LogP contribution in [-0.4, -0.2) is 34.3 Å². The van der Waals surface area contributed by atoms with Gasteiger partial charge in [0.05, 0.1) is 26.1 Å². The van der Waals surface area contributed by atoms with Crippen LogP contribution in [0.25, 0.3) is 21.9 Å². The molecule has 0 aliphatic heterocycles. The van der Waals surface area contributed by atoms with Crippen LogP contribution in [0.1, 0.15) is 0 Å². The Kier molecular flexibility index (Phi) is 3.32. The highest BCUT2D eigenvalue weighted by Crippen LogP contribution is 2.27. The predicted molar refractivity (Wildman–Crippen MR) is 81.0 cm³/mol. The smallest absolute Gasteiger partial charge is 0.325 e. The first-order chi connectivity index (χ1) is 10.6. The molecule has 7 heteroatoms. The van der Waals surface area contributed by atoms with Crippen molar-refractivity contribution >= 4 is 27.9 Å². The molecule has 7 nitrogen and oxygen atoms in total. The van der Waals surface area contributed by atoms with Gasteiger partial charge in [-0.2, -0.15) is 0 Å². The van der Waals surface area contributed by atoms with Crippen molar-refractivity contribution in [2.75, 3.05) is 14.2 Å². The zero-order valence-corrected chi connectivity index (χ0v) is 12.5. The summed E-state index contributed by atoms with van der Waals surface area (Å²) < 4.78 is 12.8. The van der Waals surface area contributed by atoms with Gasteiger partial charge in [0.15, 0.2) is 0 Å². The number of carbonyl (C=O) groups is 1. The minimum absolute atomic E-state index is 0.164. The van der Waals surface area contributed by atoms with Crippen LogP contribution in [0.15, 0.2) is 29.3 Å². The third-order valence-electron chi connectivity index (χ3n) is 3.70. The van der Waals surface area contributed by atoms with Crippen LogP contribution in [0.3, 0.4) is 0 Å². The van der Waals surface area contributed by atoms with E-state index >= 15 is 0 Å². The minimum Gasteiger partial charge on any atom is -0.497 e. The molecule has 0 saturated carbocycles. The fourth-order valence-electron chi connectivity index (χ4n) is 2.54. The van der Waals surface area contributed by atoms with E-state index in [9.17, 15) is 9.59 Å². The average Bonchev–Trinajstić information content (AvgIpc) is 2.82. The van der Waals surface area contributed by atoms with Gasteiger partial charge in [-0.1, -0.05) is 0 Å². The molecule has 1 aromatic carbocycles. The van der Waals surface area contributed by atoms with Crippen LogP contribution < -0.4 is 10.3 Å². The van der Waals surface area contributed by atoms with Crippen molar-refractivity contribution < 1.29 is 14.3 Å². The number of rotatable bonds is 3. The first-order valence-electron chi connectivity index (χ1n) is 6.65. The topological polar surface area (TPSA) is 75.4 Å². The lowest BCUT2D eigenvalue weighted by Gasteiger charge is -2.04. The molecule has 0 aliphatic carbocycles. The Morgan fingerprint density at radius 3 is 2.77 bits per heavy atom. The monoisotopic (exact) mass is 301 g/mol. The van der Waals surface area contributed by atoms with Gasteiger partial charge in [0.1, 0.15) is 23.3 Å². The zero-order valence-electron chi connectivity index (χ0n) is 12.5. The fourth-order valence-corrected chi connectivity index (χ4v) is 2.54. The number of nitrogens with zero attached hydrogens (tertiary/aromatic N) is 3. The number of benzene rings is 1. The number of aromatic nitrogens is 3. The van der Waals surface area contributed by atoms with Crippen LogP contribution in [0.5, 0.6) is 5.75 Å². The second-order valence-electron chi connectivity index (χ2n) is 4.89. The van der Waals surface area contributed by atoms with Gasteiger partial charge >= 0.3 is 5.97 Å². The van der Waals surface area contributed by atoms with Gasteiger partial charge in [0, 0.05) is 12.4 Å². The Morgan fingerprint density at radius 2 is 2.09 bits per heavy atom. The van der Waals surface area contributed by atoms with Crippen molar-refractivity contribution in [3.05, 3.63) is 34.9 Å². The summed E-state index contributed by atoms with van der Waals surface area (Å²) in [5.41, 5.74) is 1.61. The van der Waals surface area contributed by atoms with Crippen LogP contribution in [0.2, 0.25) is 0 Å². The molecular weight excluding hydrogens is 286 g/mol. The molecule has 2 heterocycles. The van der Waals surface area contributed by atoms with E-state index in [1.54, 1.807) is 18.7 Å². The molecule has 0 bridgehead atoms. The quantitative estimate of drug-likeness (QED) is 0.676. The van der Waals surface area contributed by atoms with Gasteiger partial charge in [0.25, 0.3) is 5.56 Å². The van der Waals surface area contributed by atoms with E-state index in [4.69, 9.17) is 4.74 Å². The lowest BCUT2D eigenvalue weighted by atomic mass is 10.2. The number of ether oxygens (including phenoxy) is 2. The number of fused-ring (bicyclic) bond motifs is 3. The first kappa shape index (κ1) is 14.1. The SMILES string of the molecule is COC(=O)Cn1cnc2c3cc(OC)ccc3n(C)c2c1=O. The maximum absolute atomic E-state index is 12.6. The first-order valence-corrected chi connectivity index (χ1v) is 6.65. The van der Waals surface area contributed by atoms with E-state index in [1.165, 1.54) is 18.0 Å². The molecule has 0 atom stereocenters. The molecule has 0 fully saturated rings. The van der Waals surface area contributed by atoms with Gasteiger partial charge in [-0.25, -0.2) is 4.98 Å². The van der Waals surface area contributed by atoms with Gasteiger partial charge in [-0.3, -0.25) is 14.2 Å². The van der Waals surface area contributed by atoms with Gasteiger partial charge in [-0.15, -0.1) is 0 Å². The zero-order chi connectivity index (χ0) is 15.9. The highest BCUT2D eigenvalue weighted by molar-refractivity contribution is 6.05. The van der Waals surface area contributed by atoms with Crippen molar-refractivity contribution in [2.45, 2.75) is 6.54 Å². The number of hydrogen-bond donors (Lipinski definition) is 0. The van der Waals surface area contributed by atoms with Crippen molar-refractivity contribution in [2.24, 2.45) is 7.05 Å². The van der Waals surface area contributed by atoms with Crippen LogP contribution in [0, 0.1) is 0 Å². The van der Waals surface area contributed by atoms with E-state index in [0.717, 1.165) is 10.9 Å². The summed E-state index contributed by atoms with van der Waals surface area (Å²) in [6.07, 6.45) is 1.36. The lowest BCUT2D eigenvalue weighted by molar-refractivity contribution is -0.141. The number of aryl methyl sites for hydroxylation is 1. The number of carbonyl (C=O) groups excluding carboxylic acids is 1. The summed E-state index contributed by atoms with van der Waals surface area (Å²) in [6.45, 7) is -0.164. The molecule has 0 amide bonds. The summed E-state index contributed by atoms with van der Waals surface area (Å²) in [5, 5.41) is 0.833. The predicted octanol–water partition coefficient (Wildman–Crippen LogP) is 1.07. The van der Waals surface area contributed by atoms with E-state index in [2.05, 4.69) is 9.72 Å². The van der Waals surface area contributed by atoms with Gasteiger partial charge in [0.2, 0.25) is 0 Å². The maximum atomic E-state index is 12.6. The third kappa shape index (κ3) is 2.02. The molecule has 0 saturated heterocycles. The standard InChI is InChI=1S/C15H15N3O4/c1-17-11-5-4-9(21-2)6-10(11)13-14(17)15(20)18(8-16-13)7-12(19)22-3/h4-6,8H,7H2,1-3H3. The Morgan fingerprint density at radius 1 is 1.32 bits per heavy atom. The molecule has 3 rings (SSSR count). The lowest BCUT2D eigenvalue weighted by Crippen LogP contribution is -2.26. The fraction of sp³-hybridized carbons (Fsp3) is 0.267.